The van der Waals surface area contributed by atoms with Crippen molar-refractivity contribution >= 4 is 53.0 Å². The molecule has 0 unspecified atom stereocenters. The highest BCUT2D eigenvalue weighted by molar-refractivity contribution is 6.13. The lowest BCUT2D eigenvalue weighted by atomic mass is 10.0. The van der Waals surface area contributed by atoms with Crippen molar-refractivity contribution in [2.45, 2.75) is 71.3 Å². The number of nitrogens with one attached hydrogen (secondary N) is 4. The Bertz CT molecular complexity index is 2480. The Kier molecular flexibility index (Phi) is 81.6. The second-order valence-electron chi connectivity index (χ2n) is 25.2. The molecule has 1 atom stereocenters. The molecular formula is C79H142N6O34. The molecule has 0 aromatic carbocycles. The largest absolute Gasteiger partial charge is 0.385 e. The first-order chi connectivity index (χ1) is 58.0. The van der Waals surface area contributed by atoms with E-state index in [0.29, 0.717) is 356 Å². The van der Waals surface area contributed by atoms with Crippen LogP contribution in [0.15, 0.2) is 24.3 Å². The van der Waals surface area contributed by atoms with E-state index < -0.39 is 29.7 Å². The van der Waals surface area contributed by atoms with Crippen molar-refractivity contribution < 1.29 is 162 Å². The predicted octanol–water partition coefficient (Wildman–Crippen LogP) is -0.569. The maximum absolute atomic E-state index is 13.0. The van der Waals surface area contributed by atoms with Gasteiger partial charge in [0.25, 0.3) is 23.6 Å². The average Bonchev–Trinajstić information content (AvgIpc) is 1.75. The lowest BCUT2D eigenvalue weighted by Gasteiger charge is -2.18. The average molecular weight is 1720 g/mol. The number of amides is 8. The van der Waals surface area contributed by atoms with Crippen LogP contribution in [-0.2, 0) is 162 Å². The highest BCUT2D eigenvalue weighted by Gasteiger charge is 2.25. The van der Waals surface area contributed by atoms with Crippen LogP contribution in [0.3, 0.4) is 0 Å². The Morgan fingerprint density at radius 1 is 0.252 bits per heavy atom. The van der Waals surface area contributed by atoms with Gasteiger partial charge in [0, 0.05) is 103 Å². The lowest BCUT2D eigenvalue weighted by Crippen LogP contribution is -2.41. The lowest BCUT2D eigenvalue weighted by molar-refractivity contribution is -0.139. The van der Waals surface area contributed by atoms with Crippen LogP contribution in [0.4, 0.5) is 0 Å². The highest BCUT2D eigenvalue weighted by Crippen LogP contribution is 2.09. The van der Waals surface area contributed by atoms with Crippen molar-refractivity contribution in [3.05, 3.63) is 24.3 Å². The molecule has 2 heterocycles. The third-order valence-electron chi connectivity index (χ3n) is 15.9. The molecule has 2 aliphatic rings. The first kappa shape index (κ1) is 111. The van der Waals surface area contributed by atoms with Crippen LogP contribution in [0.5, 0.6) is 0 Å². The van der Waals surface area contributed by atoms with Gasteiger partial charge in [-0.05, 0) is 25.7 Å². The number of ether oxygens (including phenoxy) is 25. The van der Waals surface area contributed by atoms with Gasteiger partial charge in [0.15, 0.2) is 5.78 Å². The number of rotatable bonds is 95. The van der Waals surface area contributed by atoms with E-state index in [-0.39, 0.29) is 95.2 Å². The molecule has 0 bridgehead atoms. The molecule has 2 rings (SSSR count). The van der Waals surface area contributed by atoms with Crippen LogP contribution < -0.4 is 21.3 Å². The first-order valence-electron chi connectivity index (χ1n) is 41.1. The summed E-state index contributed by atoms with van der Waals surface area (Å²) in [7, 11) is 1.57. The summed E-state index contributed by atoms with van der Waals surface area (Å²) in [6.07, 6.45) is 7.62. The third kappa shape index (κ3) is 74.6. The standard InChI is InChI=1S/C78H138N6O34.CH4/c1-94-20-4-6-70(85)69(82-74(89)14-22-96-26-30-100-34-38-104-42-46-108-50-54-112-58-62-116-66-68-118-64-60-114-56-52-110-48-44-106-40-36-102-32-28-98-24-17-81-72(87)12-19-84-77(92)9-10-78(84)93)5-2-3-15-79-73(88)13-21-95-25-29-99-33-37-103-41-45-107-49-53-111-57-61-115-65-67-117-63-59-113-55-51-109-47-43-105-39-35-101-31-27-97-23-16-80-71(86)11-18-83-75(90)7-8-76(83)91;/h7-10,69H,2-6,11-68H2,1H3,(H,79,88)(H,80,86)(H,81,87)(H,82,89);1H4/t69-;/m0./s1. The van der Waals surface area contributed by atoms with E-state index in [4.69, 9.17) is 118 Å². The summed E-state index contributed by atoms with van der Waals surface area (Å²) >= 11 is 0. The Labute approximate surface area is 702 Å². The summed E-state index contributed by atoms with van der Waals surface area (Å²) in [6, 6.07) is -0.647. The fourth-order valence-corrected chi connectivity index (χ4v) is 9.74. The smallest absolute Gasteiger partial charge is 0.253 e. The third-order valence-corrected chi connectivity index (χ3v) is 15.9. The zero-order valence-electron chi connectivity index (χ0n) is 69.7. The van der Waals surface area contributed by atoms with Gasteiger partial charge in [-0.1, -0.05) is 7.43 Å². The first-order valence-corrected chi connectivity index (χ1v) is 41.1. The van der Waals surface area contributed by atoms with Gasteiger partial charge >= 0.3 is 0 Å². The topological polar surface area (TPSA) is 439 Å². The molecule has 8 amide bonds. The van der Waals surface area contributed by atoms with Gasteiger partial charge in [-0.3, -0.25) is 53.0 Å². The number of imide groups is 2. The van der Waals surface area contributed by atoms with Crippen molar-refractivity contribution in [3.8, 4) is 0 Å². The summed E-state index contributed by atoms with van der Waals surface area (Å²) in [6.45, 7) is 20.9. The van der Waals surface area contributed by atoms with Gasteiger partial charge in [-0.25, -0.2) is 0 Å². The van der Waals surface area contributed by atoms with Crippen LogP contribution in [-0.4, -0.2) is 432 Å². The van der Waals surface area contributed by atoms with Crippen LogP contribution in [0.1, 0.15) is 65.2 Å². The number of carbonyl (C=O) groups is 9. The maximum atomic E-state index is 13.0. The molecule has 40 heteroatoms. The Morgan fingerprint density at radius 3 is 0.706 bits per heavy atom. The number of carbonyl (C=O) groups excluding carboxylic acids is 9. The number of Topliss-reactive ketones (excluding diaryl/α,β-unsaturated/α-hetero) is 1. The van der Waals surface area contributed by atoms with Crippen LogP contribution >= 0.6 is 0 Å². The van der Waals surface area contributed by atoms with E-state index >= 15 is 0 Å². The fraction of sp³-hybridized carbons (Fsp3) is 0.835. The molecule has 4 N–H and O–H groups in total. The van der Waals surface area contributed by atoms with Crippen LogP contribution in [0.2, 0.25) is 0 Å². The van der Waals surface area contributed by atoms with E-state index in [1.165, 1.54) is 24.3 Å². The molecule has 0 saturated heterocycles. The minimum absolute atomic E-state index is 0. The van der Waals surface area contributed by atoms with E-state index in [2.05, 4.69) is 21.3 Å². The second kappa shape index (κ2) is 87.2. The molecular weight excluding hydrogens is 1580 g/mol. The molecule has 40 nitrogen and oxygen atoms in total. The number of hydrogen-bond donors (Lipinski definition) is 4. The number of hydrogen-bond acceptors (Lipinski definition) is 34. The molecule has 0 aliphatic carbocycles. The van der Waals surface area contributed by atoms with Gasteiger partial charge in [0.05, 0.1) is 323 Å². The minimum atomic E-state index is -0.647. The molecule has 692 valence electrons. The Hall–Kier alpha value is -5.69. The number of unbranched alkanes of at least 4 members (excludes halogenated alkanes) is 1. The predicted molar refractivity (Wildman–Crippen MR) is 428 cm³/mol. The van der Waals surface area contributed by atoms with Crippen molar-refractivity contribution in [2.24, 2.45) is 0 Å². The number of methoxy groups -OCH3 is 1. The monoisotopic (exact) mass is 1720 g/mol. The second-order valence-corrected chi connectivity index (χ2v) is 25.2. The zero-order chi connectivity index (χ0) is 84.8. The van der Waals surface area contributed by atoms with Gasteiger partial charge in [0.1, 0.15) is 0 Å². The zero-order valence-corrected chi connectivity index (χ0v) is 69.7. The SMILES string of the molecule is C.COCCCC(=O)[C@H](CCCCNC(=O)CCOCCOCCOCCOCCOCCOCCOCCOCCOCCOCCOCCOCCNC(=O)CCN1C(=O)C=CC1=O)NC(=O)CCOCCOCCOCCOCCOCCOCCOCCOCCOCCOCCOCCOCCNC(=O)CCN1C(=O)C=CC1=O. The van der Waals surface area contributed by atoms with Crippen molar-refractivity contribution in [3.63, 3.8) is 0 Å². The molecule has 0 aromatic heterocycles. The van der Waals surface area contributed by atoms with Gasteiger partial charge < -0.3 is 140 Å². The van der Waals surface area contributed by atoms with E-state index in [9.17, 15) is 43.2 Å². The van der Waals surface area contributed by atoms with Crippen LogP contribution in [0.25, 0.3) is 0 Å². The summed E-state index contributed by atoms with van der Waals surface area (Å²) in [4.78, 5) is 110. The molecule has 0 spiro atoms. The van der Waals surface area contributed by atoms with Gasteiger partial charge in [0.2, 0.25) is 23.6 Å². The van der Waals surface area contributed by atoms with Gasteiger partial charge in [-0.2, -0.15) is 0 Å². The van der Waals surface area contributed by atoms with Crippen LogP contribution in [0, 0.1) is 0 Å². The number of nitrogens with zero attached hydrogens (tertiary/aromatic N) is 2. The van der Waals surface area contributed by atoms with Crippen molar-refractivity contribution in [1.82, 2.24) is 31.1 Å². The highest BCUT2D eigenvalue weighted by atomic mass is 16.6. The van der Waals surface area contributed by atoms with E-state index in [1.54, 1.807) is 7.11 Å². The minimum Gasteiger partial charge on any atom is -0.385 e. The summed E-state index contributed by atoms with van der Waals surface area (Å²) in [5, 5.41) is 11.1. The molecule has 0 radical (unpaired) electrons. The van der Waals surface area contributed by atoms with Crippen molar-refractivity contribution in [2.75, 3.05) is 364 Å². The summed E-state index contributed by atoms with van der Waals surface area (Å²) in [5.41, 5.74) is 0. The van der Waals surface area contributed by atoms with Gasteiger partial charge in [-0.15, -0.1) is 0 Å². The quantitative estimate of drug-likeness (QED) is 0.0437. The molecule has 2 aliphatic heterocycles. The summed E-state index contributed by atoms with van der Waals surface area (Å²) in [5.74, 6) is -2.67. The molecule has 119 heavy (non-hydrogen) atoms. The normalized spacial score (nSPS) is 12.9. The molecule has 0 saturated carbocycles. The Balaban J connectivity index is 0.0000708. The molecule has 0 aromatic rings. The van der Waals surface area contributed by atoms with Crippen molar-refractivity contribution in [1.29, 1.82) is 0 Å². The van der Waals surface area contributed by atoms with E-state index in [1.807, 2.05) is 0 Å². The Morgan fingerprint density at radius 2 is 0.462 bits per heavy atom. The summed E-state index contributed by atoms with van der Waals surface area (Å²) < 4.78 is 137. The fourth-order valence-electron chi connectivity index (χ4n) is 9.74. The van der Waals surface area contributed by atoms with E-state index in [0.717, 1.165) is 9.80 Å². The number of ketones is 1. The maximum Gasteiger partial charge on any atom is 0.253 e. The molecule has 0 fully saturated rings.